The summed E-state index contributed by atoms with van der Waals surface area (Å²) in [7, 11) is 1.71. The van der Waals surface area contributed by atoms with E-state index in [0.29, 0.717) is 6.04 Å². The molecule has 4 nitrogen and oxygen atoms in total. The molecule has 2 atom stereocenters. The van der Waals surface area contributed by atoms with Gasteiger partial charge < -0.3 is 14.5 Å². The average molecular weight is 339 g/mol. The van der Waals surface area contributed by atoms with E-state index in [2.05, 4.69) is 35.1 Å². The summed E-state index contributed by atoms with van der Waals surface area (Å²) in [6.45, 7) is 5.89. The first-order chi connectivity index (χ1) is 12.2. The molecule has 0 radical (unpaired) electrons. The van der Waals surface area contributed by atoms with Gasteiger partial charge in [0.05, 0.1) is 13.2 Å². The zero-order valence-electron chi connectivity index (χ0n) is 15.4. The number of ether oxygens (including phenoxy) is 1. The molecule has 1 unspecified atom stereocenters. The third-order valence-electron chi connectivity index (χ3n) is 5.90. The van der Waals surface area contributed by atoms with Crippen LogP contribution >= 0.6 is 0 Å². The van der Waals surface area contributed by atoms with Crippen LogP contribution in [0.3, 0.4) is 0 Å². The fraction of sp³-hybridized carbons (Fsp3) is 0.571. The molecule has 0 bridgehead atoms. The third-order valence-corrected chi connectivity index (χ3v) is 5.90. The van der Waals surface area contributed by atoms with Crippen LogP contribution in [0.1, 0.15) is 44.6 Å². The van der Waals surface area contributed by atoms with Crippen LogP contribution < -0.4 is 4.74 Å². The molecule has 4 heteroatoms. The Morgan fingerprint density at radius 2 is 2.04 bits per heavy atom. The summed E-state index contributed by atoms with van der Waals surface area (Å²) in [4.78, 5) is 10.0. The van der Waals surface area contributed by atoms with E-state index in [-0.39, 0.29) is 0 Å². The van der Waals surface area contributed by atoms with Crippen molar-refractivity contribution in [2.45, 2.75) is 51.1 Å². The highest BCUT2D eigenvalue weighted by atomic mass is 16.5. The summed E-state index contributed by atoms with van der Waals surface area (Å²) in [5.41, 5.74) is 2.71. The first-order valence-electron chi connectivity index (χ1n) is 9.65. The molecule has 0 spiro atoms. The van der Waals surface area contributed by atoms with Crippen molar-refractivity contribution in [1.82, 2.24) is 9.80 Å². The van der Waals surface area contributed by atoms with Gasteiger partial charge in [-0.2, -0.15) is 0 Å². The summed E-state index contributed by atoms with van der Waals surface area (Å²) >= 11 is 0. The van der Waals surface area contributed by atoms with Gasteiger partial charge in [0, 0.05) is 31.8 Å². The second kappa shape index (κ2) is 7.20. The van der Waals surface area contributed by atoms with Gasteiger partial charge in [0.1, 0.15) is 11.6 Å². The molecule has 0 aliphatic carbocycles. The Hall–Kier alpha value is -1.81. The number of allylic oxidation sites excluding steroid dienone is 1. The number of aliphatic imine (C=N–C) groups is 1. The maximum absolute atomic E-state index is 5.26. The van der Waals surface area contributed by atoms with Gasteiger partial charge in [0.2, 0.25) is 0 Å². The van der Waals surface area contributed by atoms with E-state index in [0.717, 1.165) is 31.2 Å². The van der Waals surface area contributed by atoms with Crippen LogP contribution in [0.25, 0.3) is 5.57 Å². The van der Waals surface area contributed by atoms with Crippen LogP contribution in [-0.4, -0.2) is 54.5 Å². The number of benzene rings is 1. The predicted octanol–water partition coefficient (Wildman–Crippen LogP) is 3.79. The molecule has 4 rings (SSSR count). The summed E-state index contributed by atoms with van der Waals surface area (Å²) in [6, 6.07) is 9.64. The number of hydrogen-bond acceptors (Lipinski definition) is 4. The van der Waals surface area contributed by atoms with Gasteiger partial charge in [0.15, 0.2) is 0 Å². The van der Waals surface area contributed by atoms with Crippen molar-refractivity contribution in [2.75, 3.05) is 26.7 Å². The van der Waals surface area contributed by atoms with Crippen molar-refractivity contribution in [3.63, 3.8) is 0 Å². The number of hydrogen-bond donors (Lipinski definition) is 0. The minimum absolute atomic E-state index is 0.467. The number of methoxy groups -OCH3 is 1. The molecule has 1 aromatic carbocycles. The van der Waals surface area contributed by atoms with E-state index in [4.69, 9.17) is 9.73 Å². The quantitative estimate of drug-likeness (QED) is 0.817. The summed E-state index contributed by atoms with van der Waals surface area (Å²) in [6.07, 6.45) is 8.38. The summed E-state index contributed by atoms with van der Waals surface area (Å²) in [5.74, 6) is 2.21. The maximum atomic E-state index is 5.26. The van der Waals surface area contributed by atoms with Gasteiger partial charge in [-0.25, -0.2) is 0 Å². The Balaban J connectivity index is 1.37. The first kappa shape index (κ1) is 16.6. The number of likely N-dealkylation sites (tertiary alicyclic amines) is 1. The Labute approximate surface area is 151 Å². The highest BCUT2D eigenvalue weighted by molar-refractivity contribution is 5.90. The van der Waals surface area contributed by atoms with Crippen molar-refractivity contribution in [2.24, 2.45) is 4.99 Å². The zero-order chi connectivity index (χ0) is 17.2. The molecule has 134 valence electrons. The summed E-state index contributed by atoms with van der Waals surface area (Å²) < 4.78 is 5.26. The van der Waals surface area contributed by atoms with Crippen LogP contribution in [-0.2, 0) is 0 Å². The van der Waals surface area contributed by atoms with Crippen molar-refractivity contribution < 1.29 is 4.74 Å². The maximum Gasteiger partial charge on any atom is 0.118 e. The zero-order valence-corrected chi connectivity index (χ0v) is 15.4. The van der Waals surface area contributed by atoms with E-state index in [1.807, 2.05) is 12.1 Å². The minimum Gasteiger partial charge on any atom is -0.497 e. The Morgan fingerprint density at radius 3 is 2.76 bits per heavy atom. The van der Waals surface area contributed by atoms with Gasteiger partial charge in [-0.3, -0.25) is 4.99 Å². The van der Waals surface area contributed by atoms with Crippen LogP contribution in [0, 0.1) is 0 Å². The Morgan fingerprint density at radius 1 is 1.20 bits per heavy atom. The van der Waals surface area contributed by atoms with E-state index >= 15 is 0 Å². The molecule has 3 aliphatic heterocycles. The number of amidine groups is 1. The van der Waals surface area contributed by atoms with E-state index in [1.54, 1.807) is 7.11 Å². The molecule has 0 saturated carbocycles. The van der Waals surface area contributed by atoms with Crippen LogP contribution in [0.4, 0.5) is 0 Å². The van der Waals surface area contributed by atoms with Gasteiger partial charge in [-0.15, -0.1) is 0 Å². The largest absolute Gasteiger partial charge is 0.497 e. The lowest BCUT2D eigenvalue weighted by Gasteiger charge is -2.25. The molecule has 0 aromatic heterocycles. The Kier molecular flexibility index (Phi) is 4.80. The molecular formula is C21H29N3O. The molecule has 25 heavy (non-hydrogen) atoms. The van der Waals surface area contributed by atoms with Crippen molar-refractivity contribution >= 4 is 11.4 Å². The highest BCUT2D eigenvalue weighted by Gasteiger charge is 2.28. The van der Waals surface area contributed by atoms with Gasteiger partial charge in [-0.1, -0.05) is 12.1 Å². The molecule has 0 N–H and O–H groups in total. The lowest BCUT2D eigenvalue weighted by molar-refractivity contribution is 0.257. The van der Waals surface area contributed by atoms with Gasteiger partial charge >= 0.3 is 0 Å². The standard InChI is InChI=1S/C21H29N3O/c1-16-4-3-12-23(16)13-11-19-15-24-14-18(7-10-21(24)22-19)17-5-8-20(25-2)9-6-17/h5-6,8-9,14,16,19H,3-4,7,10-13,15H2,1-2H3/t16-,19?/m1/s1. The van der Waals surface area contributed by atoms with Crippen molar-refractivity contribution in [1.29, 1.82) is 0 Å². The monoisotopic (exact) mass is 339 g/mol. The van der Waals surface area contributed by atoms with Gasteiger partial charge in [-0.05, 0) is 62.4 Å². The SMILES string of the molecule is COc1ccc(C2=CN3CC(CCN4CCC[C@H]4C)N=C3CC2)cc1. The predicted molar refractivity (Wildman–Crippen MR) is 103 cm³/mol. The first-order valence-corrected chi connectivity index (χ1v) is 9.65. The van der Waals surface area contributed by atoms with Crippen LogP contribution in [0.15, 0.2) is 35.5 Å². The molecule has 0 amide bonds. The topological polar surface area (TPSA) is 28.1 Å². The van der Waals surface area contributed by atoms with Crippen LogP contribution in [0.2, 0.25) is 0 Å². The smallest absolute Gasteiger partial charge is 0.118 e. The molecule has 1 aromatic rings. The second-order valence-corrected chi connectivity index (χ2v) is 7.55. The Bertz CT molecular complexity index is 664. The molecule has 3 aliphatic rings. The lowest BCUT2D eigenvalue weighted by atomic mass is 9.99. The molecule has 3 heterocycles. The minimum atomic E-state index is 0.467. The fourth-order valence-corrected chi connectivity index (χ4v) is 4.31. The number of rotatable bonds is 5. The van der Waals surface area contributed by atoms with E-state index < -0.39 is 0 Å². The number of nitrogens with zero attached hydrogens (tertiary/aromatic N) is 3. The highest BCUT2D eigenvalue weighted by Crippen LogP contribution is 2.30. The normalized spacial score (nSPS) is 26.4. The summed E-state index contributed by atoms with van der Waals surface area (Å²) in [5, 5.41) is 0. The van der Waals surface area contributed by atoms with E-state index in [1.165, 1.54) is 49.3 Å². The molecule has 1 fully saturated rings. The average Bonchev–Trinajstić information content (AvgIpc) is 3.24. The molecule has 1 saturated heterocycles. The van der Waals surface area contributed by atoms with Gasteiger partial charge in [0.25, 0.3) is 0 Å². The fourth-order valence-electron chi connectivity index (χ4n) is 4.31. The van der Waals surface area contributed by atoms with Crippen molar-refractivity contribution in [3.05, 3.63) is 36.0 Å². The van der Waals surface area contributed by atoms with E-state index in [9.17, 15) is 0 Å². The third kappa shape index (κ3) is 3.59. The van der Waals surface area contributed by atoms with Crippen molar-refractivity contribution in [3.8, 4) is 5.75 Å². The number of fused-ring (bicyclic) bond motifs is 1. The second-order valence-electron chi connectivity index (χ2n) is 7.55. The lowest BCUT2D eigenvalue weighted by Crippen LogP contribution is -2.31. The molecular weight excluding hydrogens is 310 g/mol. The van der Waals surface area contributed by atoms with Crippen LogP contribution in [0.5, 0.6) is 5.75 Å².